The van der Waals surface area contributed by atoms with Crippen molar-refractivity contribution in [1.82, 2.24) is 5.32 Å². The molecule has 1 heterocycles. The highest BCUT2D eigenvalue weighted by Gasteiger charge is 2.30. The van der Waals surface area contributed by atoms with Crippen LogP contribution in [0.15, 0.2) is 24.3 Å². The largest absolute Gasteiger partial charge is 0.497 e. The Labute approximate surface area is 121 Å². The summed E-state index contributed by atoms with van der Waals surface area (Å²) in [5.74, 6) is 1.66. The van der Waals surface area contributed by atoms with Crippen LogP contribution < -0.4 is 10.1 Å². The highest BCUT2D eigenvalue weighted by atomic mass is 16.5. The Bertz CT molecular complexity index is 423. The molecule has 1 saturated heterocycles. The Morgan fingerprint density at radius 2 is 2.20 bits per heavy atom. The van der Waals surface area contributed by atoms with Gasteiger partial charge >= 0.3 is 0 Å². The molecular formula is C17H25NO2. The molecule has 0 spiro atoms. The van der Waals surface area contributed by atoms with Crippen molar-refractivity contribution in [2.24, 2.45) is 0 Å². The Morgan fingerprint density at radius 3 is 2.95 bits per heavy atom. The normalized spacial score (nSPS) is 29.8. The van der Waals surface area contributed by atoms with Crippen molar-refractivity contribution < 1.29 is 9.47 Å². The number of methoxy groups -OCH3 is 1. The van der Waals surface area contributed by atoms with Gasteiger partial charge in [-0.15, -0.1) is 0 Å². The standard InChI is InChI=1S/C17H25NO2/c1-19-16-7-4-5-13(11-16)14-9-15(10-14)18-12-17-6-2-3-8-20-17/h4-5,7,11,14-15,17-18H,2-3,6,8-10,12H2,1H3. The smallest absolute Gasteiger partial charge is 0.119 e. The lowest BCUT2D eigenvalue weighted by Gasteiger charge is -2.37. The van der Waals surface area contributed by atoms with Crippen LogP contribution in [-0.2, 0) is 4.74 Å². The molecule has 2 aliphatic rings. The minimum Gasteiger partial charge on any atom is -0.497 e. The molecule has 0 amide bonds. The summed E-state index contributed by atoms with van der Waals surface area (Å²) in [5.41, 5.74) is 1.41. The van der Waals surface area contributed by atoms with Gasteiger partial charge in [-0.3, -0.25) is 0 Å². The summed E-state index contributed by atoms with van der Waals surface area (Å²) in [6.07, 6.45) is 6.69. The zero-order valence-electron chi connectivity index (χ0n) is 12.3. The van der Waals surface area contributed by atoms with Gasteiger partial charge in [0.05, 0.1) is 13.2 Å². The fourth-order valence-electron chi connectivity index (χ4n) is 3.22. The molecule has 1 saturated carbocycles. The molecule has 0 radical (unpaired) electrons. The predicted octanol–water partition coefficient (Wildman–Crippen LogP) is 3.10. The van der Waals surface area contributed by atoms with Gasteiger partial charge in [0.2, 0.25) is 0 Å². The lowest BCUT2D eigenvalue weighted by molar-refractivity contribution is 0.0132. The third-order valence-corrected chi connectivity index (χ3v) is 4.61. The first kappa shape index (κ1) is 13.9. The summed E-state index contributed by atoms with van der Waals surface area (Å²) in [4.78, 5) is 0. The van der Waals surface area contributed by atoms with E-state index in [9.17, 15) is 0 Å². The molecule has 1 aliphatic carbocycles. The van der Waals surface area contributed by atoms with Crippen LogP contribution in [0.2, 0.25) is 0 Å². The van der Waals surface area contributed by atoms with E-state index < -0.39 is 0 Å². The Balaban J connectivity index is 1.41. The predicted molar refractivity (Wildman–Crippen MR) is 80.4 cm³/mol. The van der Waals surface area contributed by atoms with E-state index in [2.05, 4.69) is 23.5 Å². The average Bonchev–Trinajstić information content (AvgIpc) is 2.47. The van der Waals surface area contributed by atoms with Crippen molar-refractivity contribution in [2.45, 2.75) is 50.2 Å². The maximum absolute atomic E-state index is 5.76. The lowest BCUT2D eigenvalue weighted by Crippen LogP contribution is -2.44. The van der Waals surface area contributed by atoms with Crippen LogP contribution in [-0.4, -0.2) is 32.4 Å². The second-order valence-electron chi connectivity index (χ2n) is 6.04. The van der Waals surface area contributed by atoms with Gasteiger partial charge in [0, 0.05) is 19.2 Å². The number of hydrogen-bond donors (Lipinski definition) is 1. The van der Waals surface area contributed by atoms with E-state index >= 15 is 0 Å². The zero-order valence-corrected chi connectivity index (χ0v) is 12.3. The van der Waals surface area contributed by atoms with Gasteiger partial charge < -0.3 is 14.8 Å². The van der Waals surface area contributed by atoms with E-state index in [0.29, 0.717) is 18.1 Å². The zero-order chi connectivity index (χ0) is 13.8. The van der Waals surface area contributed by atoms with Crippen molar-refractivity contribution >= 4 is 0 Å². The molecule has 3 rings (SSSR count). The second kappa shape index (κ2) is 6.59. The van der Waals surface area contributed by atoms with Crippen LogP contribution in [0.25, 0.3) is 0 Å². The van der Waals surface area contributed by atoms with E-state index in [1.165, 1.54) is 37.7 Å². The van der Waals surface area contributed by atoms with E-state index in [1.807, 2.05) is 6.07 Å². The minimum absolute atomic E-state index is 0.444. The van der Waals surface area contributed by atoms with Gasteiger partial charge in [-0.1, -0.05) is 12.1 Å². The first-order chi connectivity index (χ1) is 9.85. The number of ether oxygens (including phenoxy) is 2. The average molecular weight is 275 g/mol. The fourth-order valence-corrected chi connectivity index (χ4v) is 3.22. The van der Waals surface area contributed by atoms with Gasteiger partial charge in [-0.2, -0.15) is 0 Å². The third kappa shape index (κ3) is 3.33. The molecule has 2 fully saturated rings. The van der Waals surface area contributed by atoms with Crippen LogP contribution in [0.4, 0.5) is 0 Å². The van der Waals surface area contributed by atoms with E-state index in [1.54, 1.807) is 7.11 Å². The molecule has 0 bridgehead atoms. The SMILES string of the molecule is COc1cccc(C2CC(NCC3CCCCO3)C2)c1. The topological polar surface area (TPSA) is 30.5 Å². The van der Waals surface area contributed by atoms with Crippen molar-refractivity contribution in [3.8, 4) is 5.75 Å². The molecule has 3 heteroatoms. The van der Waals surface area contributed by atoms with Gasteiger partial charge in [0.15, 0.2) is 0 Å². The quantitative estimate of drug-likeness (QED) is 0.895. The highest BCUT2D eigenvalue weighted by molar-refractivity contribution is 5.32. The van der Waals surface area contributed by atoms with Crippen molar-refractivity contribution in [3.05, 3.63) is 29.8 Å². The molecule has 1 atom stereocenters. The summed E-state index contributed by atoms with van der Waals surface area (Å²) in [7, 11) is 1.73. The second-order valence-corrected chi connectivity index (χ2v) is 6.04. The first-order valence-electron chi connectivity index (χ1n) is 7.84. The molecule has 1 aromatic carbocycles. The molecule has 1 N–H and O–H groups in total. The molecule has 1 aliphatic heterocycles. The van der Waals surface area contributed by atoms with Crippen molar-refractivity contribution in [1.29, 1.82) is 0 Å². The minimum atomic E-state index is 0.444. The molecule has 3 nitrogen and oxygen atoms in total. The summed E-state index contributed by atoms with van der Waals surface area (Å²) in [6.45, 7) is 1.97. The number of rotatable bonds is 5. The summed E-state index contributed by atoms with van der Waals surface area (Å²) in [6, 6.07) is 9.15. The summed E-state index contributed by atoms with van der Waals surface area (Å²) < 4.78 is 11.1. The maximum Gasteiger partial charge on any atom is 0.119 e. The molecule has 0 aromatic heterocycles. The van der Waals surface area contributed by atoms with E-state index in [-0.39, 0.29) is 0 Å². The van der Waals surface area contributed by atoms with E-state index in [4.69, 9.17) is 9.47 Å². The van der Waals surface area contributed by atoms with Crippen molar-refractivity contribution in [3.63, 3.8) is 0 Å². The molecule has 110 valence electrons. The highest BCUT2D eigenvalue weighted by Crippen LogP contribution is 2.38. The van der Waals surface area contributed by atoms with Crippen LogP contribution >= 0.6 is 0 Å². The monoisotopic (exact) mass is 275 g/mol. The number of hydrogen-bond acceptors (Lipinski definition) is 3. The molecular weight excluding hydrogens is 250 g/mol. The van der Waals surface area contributed by atoms with Gasteiger partial charge in [0.25, 0.3) is 0 Å². The van der Waals surface area contributed by atoms with Crippen LogP contribution in [0, 0.1) is 0 Å². The van der Waals surface area contributed by atoms with E-state index in [0.717, 1.165) is 18.9 Å². The fraction of sp³-hybridized carbons (Fsp3) is 0.647. The Morgan fingerprint density at radius 1 is 1.30 bits per heavy atom. The van der Waals surface area contributed by atoms with Crippen LogP contribution in [0.5, 0.6) is 5.75 Å². The molecule has 1 aromatic rings. The third-order valence-electron chi connectivity index (χ3n) is 4.61. The molecule has 20 heavy (non-hydrogen) atoms. The van der Waals surface area contributed by atoms with Gasteiger partial charge in [-0.05, 0) is 55.7 Å². The Kier molecular flexibility index (Phi) is 4.58. The van der Waals surface area contributed by atoms with Crippen molar-refractivity contribution in [2.75, 3.05) is 20.3 Å². The molecule has 1 unspecified atom stereocenters. The first-order valence-corrected chi connectivity index (χ1v) is 7.84. The lowest BCUT2D eigenvalue weighted by atomic mass is 9.76. The summed E-state index contributed by atoms with van der Waals surface area (Å²) >= 11 is 0. The van der Waals surface area contributed by atoms with Gasteiger partial charge in [-0.25, -0.2) is 0 Å². The number of benzene rings is 1. The number of nitrogens with one attached hydrogen (secondary N) is 1. The summed E-state index contributed by atoms with van der Waals surface area (Å²) in [5, 5.41) is 3.66. The maximum atomic E-state index is 5.76. The van der Waals surface area contributed by atoms with Gasteiger partial charge in [0.1, 0.15) is 5.75 Å². The Hall–Kier alpha value is -1.06. The van der Waals surface area contributed by atoms with Crippen LogP contribution in [0.1, 0.15) is 43.6 Å². The van der Waals surface area contributed by atoms with Crippen LogP contribution in [0.3, 0.4) is 0 Å².